The molecule has 0 atom stereocenters. The molecule has 1 N–H and O–H groups in total. The zero-order valence-electron chi connectivity index (χ0n) is 19.3. The molecule has 3 aromatic carbocycles. The van der Waals surface area contributed by atoms with Crippen molar-refractivity contribution in [2.24, 2.45) is 4.99 Å². The molecule has 34 heavy (non-hydrogen) atoms. The molecular formula is C27H26N2O4S. The highest BCUT2D eigenvalue weighted by atomic mass is 32.2. The monoisotopic (exact) mass is 474 g/mol. The van der Waals surface area contributed by atoms with Gasteiger partial charge in [-0.05, 0) is 79.2 Å². The molecule has 0 radical (unpaired) electrons. The van der Waals surface area contributed by atoms with Crippen LogP contribution in [0.5, 0.6) is 17.2 Å². The zero-order chi connectivity index (χ0) is 23.9. The number of amidine groups is 1. The maximum absolute atomic E-state index is 12.5. The highest BCUT2D eigenvalue weighted by Gasteiger charge is 2.24. The van der Waals surface area contributed by atoms with Crippen LogP contribution in [0.2, 0.25) is 0 Å². The first-order chi connectivity index (χ1) is 16.5. The van der Waals surface area contributed by atoms with Crippen molar-refractivity contribution in [3.05, 3.63) is 88.3 Å². The topological polar surface area (TPSA) is 69.2 Å². The summed E-state index contributed by atoms with van der Waals surface area (Å²) in [7, 11) is 1.62. The van der Waals surface area contributed by atoms with E-state index in [1.165, 1.54) is 17.3 Å². The highest BCUT2D eigenvalue weighted by Crippen LogP contribution is 2.33. The number of thioether (sulfide) groups is 1. The standard InChI is InChI=1S/C27H26N2O4S/c1-4-32-24-15-20(9-14-23(24)33-17-19-7-5-18(2)6-8-19)16-25-26(30)29-27(34-25)28-21-10-12-22(31-3)13-11-21/h5-16H,4,17H2,1-3H3,(H,28,29,30)/b25-16-. The normalized spacial score (nSPS) is 15.4. The van der Waals surface area contributed by atoms with Gasteiger partial charge < -0.3 is 19.5 Å². The summed E-state index contributed by atoms with van der Waals surface area (Å²) < 4.78 is 17.0. The Labute approximate surface area is 203 Å². The number of ether oxygens (including phenoxy) is 3. The van der Waals surface area contributed by atoms with Crippen molar-refractivity contribution in [1.82, 2.24) is 5.32 Å². The van der Waals surface area contributed by atoms with Crippen LogP contribution in [0.1, 0.15) is 23.6 Å². The fourth-order valence-corrected chi connectivity index (χ4v) is 4.10. The Balaban J connectivity index is 1.48. The van der Waals surface area contributed by atoms with E-state index in [1.54, 1.807) is 7.11 Å². The molecule has 1 aliphatic rings. The van der Waals surface area contributed by atoms with Gasteiger partial charge in [-0.15, -0.1) is 0 Å². The number of methoxy groups -OCH3 is 1. The van der Waals surface area contributed by atoms with Gasteiger partial charge in [0.1, 0.15) is 12.4 Å². The fraction of sp³-hybridized carbons (Fsp3) is 0.185. The van der Waals surface area contributed by atoms with Gasteiger partial charge in [0.2, 0.25) is 0 Å². The number of hydrogen-bond donors (Lipinski definition) is 1. The fourth-order valence-electron chi connectivity index (χ4n) is 3.25. The van der Waals surface area contributed by atoms with Gasteiger partial charge in [0.25, 0.3) is 5.91 Å². The third-order valence-electron chi connectivity index (χ3n) is 5.03. The number of carbonyl (C=O) groups excluding carboxylic acids is 1. The van der Waals surface area contributed by atoms with Gasteiger partial charge >= 0.3 is 0 Å². The van der Waals surface area contributed by atoms with E-state index in [-0.39, 0.29) is 5.91 Å². The predicted molar refractivity (Wildman–Crippen MR) is 137 cm³/mol. The van der Waals surface area contributed by atoms with E-state index in [9.17, 15) is 4.79 Å². The number of rotatable bonds is 8. The van der Waals surface area contributed by atoms with Crippen LogP contribution in [-0.2, 0) is 11.4 Å². The first-order valence-corrected chi connectivity index (χ1v) is 11.7. The van der Waals surface area contributed by atoms with Crippen LogP contribution in [0.3, 0.4) is 0 Å². The lowest BCUT2D eigenvalue weighted by atomic mass is 10.1. The quantitative estimate of drug-likeness (QED) is 0.413. The number of nitrogens with one attached hydrogen (secondary N) is 1. The summed E-state index contributed by atoms with van der Waals surface area (Å²) in [5, 5.41) is 3.35. The van der Waals surface area contributed by atoms with Gasteiger partial charge in [-0.3, -0.25) is 4.79 Å². The van der Waals surface area contributed by atoms with Crippen LogP contribution < -0.4 is 19.5 Å². The minimum Gasteiger partial charge on any atom is -0.497 e. The van der Waals surface area contributed by atoms with Gasteiger partial charge in [0.15, 0.2) is 16.7 Å². The Hall–Kier alpha value is -3.71. The van der Waals surface area contributed by atoms with Crippen molar-refractivity contribution in [1.29, 1.82) is 0 Å². The van der Waals surface area contributed by atoms with Gasteiger partial charge in [0.05, 0.1) is 24.3 Å². The van der Waals surface area contributed by atoms with Crippen LogP contribution >= 0.6 is 11.8 Å². The Morgan fingerprint density at radius 2 is 1.74 bits per heavy atom. The Kier molecular flexibility index (Phi) is 7.54. The first-order valence-electron chi connectivity index (χ1n) is 10.9. The number of aryl methyl sites for hydroxylation is 1. The molecule has 3 aromatic rings. The molecule has 1 fully saturated rings. The van der Waals surface area contributed by atoms with Gasteiger partial charge in [0, 0.05) is 0 Å². The summed E-state index contributed by atoms with van der Waals surface area (Å²) >= 11 is 1.30. The molecule has 0 spiro atoms. The van der Waals surface area contributed by atoms with Gasteiger partial charge in [-0.2, -0.15) is 0 Å². The smallest absolute Gasteiger partial charge is 0.264 e. The Morgan fingerprint density at radius 1 is 0.971 bits per heavy atom. The van der Waals surface area contributed by atoms with Crippen molar-refractivity contribution in [3.8, 4) is 17.2 Å². The molecular weight excluding hydrogens is 448 g/mol. The number of carbonyl (C=O) groups is 1. The molecule has 1 heterocycles. The zero-order valence-corrected chi connectivity index (χ0v) is 20.1. The number of benzene rings is 3. The van der Waals surface area contributed by atoms with E-state index in [0.29, 0.717) is 34.8 Å². The molecule has 4 rings (SSSR count). The molecule has 1 saturated heterocycles. The van der Waals surface area contributed by atoms with Crippen molar-refractivity contribution in [3.63, 3.8) is 0 Å². The summed E-state index contributed by atoms with van der Waals surface area (Å²) in [6, 6.07) is 21.2. The molecule has 6 nitrogen and oxygen atoms in total. The molecule has 1 amide bonds. The molecule has 0 aromatic heterocycles. The van der Waals surface area contributed by atoms with Crippen LogP contribution in [-0.4, -0.2) is 24.8 Å². The molecule has 174 valence electrons. The molecule has 0 aliphatic carbocycles. The van der Waals surface area contributed by atoms with Crippen molar-refractivity contribution < 1.29 is 19.0 Å². The van der Waals surface area contributed by atoms with Crippen molar-refractivity contribution in [2.45, 2.75) is 20.5 Å². The molecule has 0 saturated carbocycles. The summed E-state index contributed by atoms with van der Waals surface area (Å²) in [4.78, 5) is 17.5. The van der Waals surface area contributed by atoms with Crippen LogP contribution in [0.4, 0.5) is 5.69 Å². The average Bonchev–Trinajstić information content (AvgIpc) is 3.18. The number of aliphatic imine (C=N–C) groups is 1. The van der Waals surface area contributed by atoms with E-state index in [1.807, 2.05) is 55.5 Å². The van der Waals surface area contributed by atoms with Crippen LogP contribution in [0.25, 0.3) is 6.08 Å². The Bertz CT molecular complexity index is 1220. The van der Waals surface area contributed by atoms with Gasteiger partial charge in [-0.1, -0.05) is 35.9 Å². The second-order valence-corrected chi connectivity index (χ2v) is 8.62. The van der Waals surface area contributed by atoms with Crippen LogP contribution in [0.15, 0.2) is 76.6 Å². The van der Waals surface area contributed by atoms with E-state index < -0.39 is 0 Å². The number of nitrogens with zero attached hydrogens (tertiary/aromatic N) is 1. The molecule has 7 heteroatoms. The van der Waals surface area contributed by atoms with E-state index in [2.05, 4.69) is 41.5 Å². The lowest BCUT2D eigenvalue weighted by molar-refractivity contribution is -0.115. The number of amides is 1. The lowest BCUT2D eigenvalue weighted by Crippen LogP contribution is -2.19. The minimum absolute atomic E-state index is 0.185. The van der Waals surface area contributed by atoms with E-state index >= 15 is 0 Å². The van der Waals surface area contributed by atoms with E-state index in [0.717, 1.165) is 22.6 Å². The maximum atomic E-state index is 12.5. The third kappa shape index (κ3) is 5.99. The largest absolute Gasteiger partial charge is 0.497 e. The summed E-state index contributed by atoms with van der Waals surface area (Å²) in [6.45, 7) is 4.94. The minimum atomic E-state index is -0.185. The second kappa shape index (κ2) is 10.9. The number of hydrogen-bond acceptors (Lipinski definition) is 6. The average molecular weight is 475 g/mol. The predicted octanol–water partition coefficient (Wildman–Crippen LogP) is 5.87. The second-order valence-electron chi connectivity index (χ2n) is 7.59. The summed E-state index contributed by atoms with van der Waals surface area (Å²) in [6.07, 6.45) is 1.82. The summed E-state index contributed by atoms with van der Waals surface area (Å²) in [5.41, 5.74) is 3.87. The maximum Gasteiger partial charge on any atom is 0.264 e. The summed E-state index contributed by atoms with van der Waals surface area (Å²) in [5.74, 6) is 1.87. The molecule has 0 unspecified atom stereocenters. The highest BCUT2D eigenvalue weighted by molar-refractivity contribution is 8.18. The van der Waals surface area contributed by atoms with Crippen LogP contribution in [0, 0.1) is 6.92 Å². The SMILES string of the molecule is CCOc1cc(/C=C2\SC(=Nc3ccc(OC)cc3)NC2=O)ccc1OCc1ccc(C)cc1. The van der Waals surface area contributed by atoms with E-state index in [4.69, 9.17) is 14.2 Å². The first kappa shape index (κ1) is 23.4. The lowest BCUT2D eigenvalue weighted by Gasteiger charge is -2.13. The Morgan fingerprint density at radius 3 is 2.44 bits per heavy atom. The van der Waals surface area contributed by atoms with Crippen molar-refractivity contribution in [2.75, 3.05) is 13.7 Å². The molecule has 0 bridgehead atoms. The third-order valence-corrected chi connectivity index (χ3v) is 5.94. The van der Waals surface area contributed by atoms with Crippen molar-refractivity contribution >= 4 is 34.6 Å². The molecule has 1 aliphatic heterocycles. The van der Waals surface area contributed by atoms with Gasteiger partial charge in [-0.25, -0.2) is 4.99 Å².